The molecule has 0 bridgehead atoms. The zero-order chi connectivity index (χ0) is 8.15. The molecule has 0 spiro atoms. The highest BCUT2D eigenvalue weighted by molar-refractivity contribution is 5.29. The highest BCUT2D eigenvalue weighted by atomic mass is 14.8. The van der Waals surface area contributed by atoms with Gasteiger partial charge in [-0.2, -0.15) is 0 Å². The van der Waals surface area contributed by atoms with Gasteiger partial charge in [0.05, 0.1) is 0 Å². The van der Waals surface area contributed by atoms with Crippen molar-refractivity contribution in [3.63, 3.8) is 0 Å². The predicted molar refractivity (Wildman–Crippen MR) is 45.3 cm³/mol. The third-order valence-corrected chi connectivity index (χ3v) is 1.14. The fraction of sp³-hybridized carbons (Fsp3) is 0.250. The molecule has 0 aromatic heterocycles. The molecule has 10 heavy (non-hydrogen) atoms. The van der Waals surface area contributed by atoms with Gasteiger partial charge in [-0.05, 0) is 18.6 Å². The van der Waals surface area contributed by atoms with E-state index < -0.39 is 0 Å². The minimum absolute atomic E-state index is 0.666. The molecule has 0 aromatic carbocycles. The Morgan fingerprint density at radius 1 is 1.50 bits per heavy atom. The summed E-state index contributed by atoms with van der Waals surface area (Å²) in [5.41, 5.74) is 7.87. The van der Waals surface area contributed by atoms with Gasteiger partial charge in [0, 0.05) is 18.4 Å². The van der Waals surface area contributed by atoms with E-state index in [-0.39, 0.29) is 0 Å². The summed E-state index contributed by atoms with van der Waals surface area (Å²) in [6.07, 6.45) is 1.75. The number of hydrogen-bond donors (Lipinski definition) is 2. The van der Waals surface area contributed by atoms with Crippen LogP contribution in [-0.4, -0.2) is 7.05 Å². The summed E-state index contributed by atoms with van der Waals surface area (Å²) >= 11 is 0. The van der Waals surface area contributed by atoms with E-state index in [4.69, 9.17) is 5.73 Å². The molecule has 0 aliphatic heterocycles. The molecule has 2 nitrogen and oxygen atoms in total. The molecule has 0 saturated heterocycles. The first kappa shape index (κ1) is 8.82. The van der Waals surface area contributed by atoms with Crippen LogP contribution in [0.25, 0.3) is 0 Å². The van der Waals surface area contributed by atoms with Gasteiger partial charge in [0.1, 0.15) is 0 Å². The van der Waals surface area contributed by atoms with Gasteiger partial charge in [0.25, 0.3) is 0 Å². The third kappa shape index (κ3) is 2.97. The van der Waals surface area contributed by atoms with Crippen molar-refractivity contribution >= 4 is 0 Å². The number of likely N-dealkylation sites (N-methyl/N-ethyl adjacent to an activating group) is 1. The molecule has 0 atom stereocenters. The molecule has 0 aliphatic carbocycles. The van der Waals surface area contributed by atoms with E-state index in [1.165, 1.54) is 0 Å². The highest BCUT2D eigenvalue weighted by Gasteiger charge is 1.89. The number of nitrogens with two attached hydrogens (primary N) is 1. The van der Waals surface area contributed by atoms with Gasteiger partial charge in [-0.25, -0.2) is 0 Å². The molecule has 0 radical (unpaired) electrons. The van der Waals surface area contributed by atoms with Crippen LogP contribution in [0.15, 0.2) is 36.2 Å². The van der Waals surface area contributed by atoms with E-state index >= 15 is 0 Å². The van der Waals surface area contributed by atoms with Gasteiger partial charge in [-0.3, -0.25) is 0 Å². The fourth-order valence-corrected chi connectivity index (χ4v) is 0.383. The van der Waals surface area contributed by atoms with Gasteiger partial charge in [0.2, 0.25) is 0 Å². The van der Waals surface area contributed by atoms with Crippen LogP contribution in [0.3, 0.4) is 0 Å². The van der Waals surface area contributed by atoms with Gasteiger partial charge < -0.3 is 11.1 Å². The maximum atomic E-state index is 5.55. The van der Waals surface area contributed by atoms with E-state index in [1.54, 1.807) is 13.1 Å². The van der Waals surface area contributed by atoms with Gasteiger partial charge >= 0.3 is 0 Å². The van der Waals surface area contributed by atoms with Crippen molar-refractivity contribution in [3.8, 4) is 0 Å². The molecule has 3 N–H and O–H groups in total. The summed E-state index contributed by atoms with van der Waals surface area (Å²) in [6.45, 7) is 9.22. The minimum atomic E-state index is 0.666. The Hall–Kier alpha value is -1.18. The second-order valence-electron chi connectivity index (χ2n) is 2.16. The van der Waals surface area contributed by atoms with Crippen molar-refractivity contribution < 1.29 is 0 Å². The molecule has 0 unspecified atom stereocenters. The van der Waals surface area contributed by atoms with Gasteiger partial charge in [-0.1, -0.05) is 13.2 Å². The molecule has 2 heteroatoms. The van der Waals surface area contributed by atoms with Crippen LogP contribution in [0.5, 0.6) is 0 Å². The maximum absolute atomic E-state index is 5.55. The molecule has 0 aromatic rings. The molecule has 0 amide bonds. The number of hydrogen-bond acceptors (Lipinski definition) is 2. The Morgan fingerprint density at radius 2 is 2.00 bits per heavy atom. The highest BCUT2D eigenvalue weighted by Crippen LogP contribution is 2.00. The van der Waals surface area contributed by atoms with Crippen LogP contribution >= 0.6 is 0 Å². The first-order valence-corrected chi connectivity index (χ1v) is 3.07. The summed E-state index contributed by atoms with van der Waals surface area (Å²) in [4.78, 5) is 0. The Kier molecular flexibility index (Phi) is 3.33. The van der Waals surface area contributed by atoms with Crippen molar-refractivity contribution in [2.75, 3.05) is 7.05 Å². The lowest BCUT2D eigenvalue weighted by Gasteiger charge is -2.00. The Balaban J connectivity index is 4.16. The van der Waals surface area contributed by atoms with Crippen molar-refractivity contribution in [2.45, 2.75) is 6.92 Å². The van der Waals surface area contributed by atoms with Gasteiger partial charge in [-0.15, -0.1) is 0 Å². The van der Waals surface area contributed by atoms with E-state index in [2.05, 4.69) is 18.5 Å². The fourth-order valence-electron chi connectivity index (χ4n) is 0.383. The van der Waals surface area contributed by atoms with E-state index in [1.807, 2.05) is 6.92 Å². The smallest absolute Gasteiger partial charge is 0.0358 e. The first-order chi connectivity index (χ1) is 4.57. The van der Waals surface area contributed by atoms with E-state index in [9.17, 15) is 0 Å². The largest absolute Gasteiger partial charge is 0.398 e. The lowest BCUT2D eigenvalue weighted by atomic mass is 10.2. The molecule has 0 fully saturated rings. The molecular weight excluding hydrogens is 124 g/mol. The summed E-state index contributed by atoms with van der Waals surface area (Å²) in [5, 5.41) is 2.86. The van der Waals surface area contributed by atoms with Crippen LogP contribution in [0, 0.1) is 0 Å². The standard InChI is InChI=1S/C8H14N2/c1-6(2)8(9)5-7(3)10-4/h5,10H,1,3,9H2,2,4H3/b8-5+. The summed E-state index contributed by atoms with van der Waals surface area (Å²) in [6, 6.07) is 0. The lowest BCUT2D eigenvalue weighted by Crippen LogP contribution is -2.05. The summed E-state index contributed by atoms with van der Waals surface area (Å²) < 4.78 is 0. The SMILES string of the molecule is C=C(/C=C(/N)C(=C)C)NC. The predicted octanol–water partition coefficient (Wildman–Crippen LogP) is 1.14. The average molecular weight is 138 g/mol. The molecular formula is C8H14N2. The zero-order valence-electron chi connectivity index (χ0n) is 6.57. The van der Waals surface area contributed by atoms with Crippen LogP contribution in [0.1, 0.15) is 6.92 Å². The first-order valence-electron chi connectivity index (χ1n) is 3.07. The summed E-state index contributed by atoms with van der Waals surface area (Å²) in [7, 11) is 1.80. The Morgan fingerprint density at radius 3 is 2.30 bits per heavy atom. The van der Waals surface area contributed by atoms with Crippen LogP contribution in [0.2, 0.25) is 0 Å². The maximum Gasteiger partial charge on any atom is 0.0358 e. The second kappa shape index (κ2) is 3.77. The van der Waals surface area contributed by atoms with Crippen molar-refractivity contribution in [1.29, 1.82) is 0 Å². The molecule has 56 valence electrons. The molecule has 0 aliphatic rings. The number of allylic oxidation sites excluding steroid dienone is 2. The second-order valence-corrected chi connectivity index (χ2v) is 2.16. The lowest BCUT2D eigenvalue weighted by molar-refractivity contribution is 1.03. The van der Waals surface area contributed by atoms with Crippen LogP contribution < -0.4 is 11.1 Å². The molecule has 0 heterocycles. The quantitative estimate of drug-likeness (QED) is 0.574. The monoisotopic (exact) mass is 138 g/mol. The third-order valence-electron chi connectivity index (χ3n) is 1.14. The van der Waals surface area contributed by atoms with Crippen LogP contribution in [-0.2, 0) is 0 Å². The van der Waals surface area contributed by atoms with Crippen LogP contribution in [0.4, 0.5) is 0 Å². The van der Waals surface area contributed by atoms with Crippen molar-refractivity contribution in [2.24, 2.45) is 5.73 Å². The average Bonchev–Trinajstić information content (AvgIpc) is 1.87. The Bertz CT molecular complexity index is 178. The molecule has 0 saturated carbocycles. The van der Waals surface area contributed by atoms with Crippen molar-refractivity contribution in [1.82, 2.24) is 5.32 Å². The molecule has 0 rings (SSSR count). The summed E-state index contributed by atoms with van der Waals surface area (Å²) in [5.74, 6) is 0. The van der Waals surface area contributed by atoms with E-state index in [0.717, 1.165) is 11.3 Å². The number of rotatable bonds is 3. The zero-order valence-corrected chi connectivity index (χ0v) is 6.57. The van der Waals surface area contributed by atoms with Gasteiger partial charge in [0.15, 0.2) is 0 Å². The number of nitrogens with one attached hydrogen (secondary N) is 1. The topological polar surface area (TPSA) is 38.0 Å². The minimum Gasteiger partial charge on any atom is -0.398 e. The van der Waals surface area contributed by atoms with E-state index in [0.29, 0.717) is 5.70 Å². The Labute approximate surface area is 62.1 Å². The van der Waals surface area contributed by atoms with Crippen molar-refractivity contribution in [3.05, 3.63) is 36.2 Å². The normalized spacial score (nSPS) is 10.8.